The Labute approximate surface area is 153 Å². The molecular formula is C20H24N4O2. The molecule has 3 heterocycles. The van der Waals surface area contributed by atoms with E-state index in [-0.39, 0.29) is 0 Å². The van der Waals surface area contributed by atoms with E-state index < -0.39 is 0 Å². The second kappa shape index (κ2) is 7.85. The average molecular weight is 352 g/mol. The molecular weight excluding hydrogens is 328 g/mol. The predicted octanol–water partition coefficient (Wildman–Crippen LogP) is 2.92. The summed E-state index contributed by atoms with van der Waals surface area (Å²) in [6.07, 6.45) is 8.35. The van der Waals surface area contributed by atoms with Crippen molar-refractivity contribution in [2.45, 2.75) is 32.0 Å². The van der Waals surface area contributed by atoms with Gasteiger partial charge in [-0.1, -0.05) is 18.2 Å². The van der Waals surface area contributed by atoms with Crippen molar-refractivity contribution in [1.82, 2.24) is 19.3 Å². The molecule has 26 heavy (non-hydrogen) atoms. The van der Waals surface area contributed by atoms with Crippen LogP contribution in [0.25, 0.3) is 5.78 Å². The fraction of sp³-hybridized carbons (Fsp3) is 0.400. The van der Waals surface area contributed by atoms with Gasteiger partial charge in [-0.3, -0.25) is 9.30 Å². The van der Waals surface area contributed by atoms with Crippen LogP contribution in [0, 0.1) is 0 Å². The Hall–Kier alpha value is -2.44. The van der Waals surface area contributed by atoms with Gasteiger partial charge in [-0.2, -0.15) is 0 Å². The highest BCUT2D eigenvalue weighted by atomic mass is 16.5. The summed E-state index contributed by atoms with van der Waals surface area (Å²) >= 11 is 0. The van der Waals surface area contributed by atoms with E-state index in [1.807, 2.05) is 35.0 Å². The second-order valence-electron chi connectivity index (χ2n) is 6.68. The van der Waals surface area contributed by atoms with Crippen LogP contribution in [0.1, 0.15) is 24.1 Å². The van der Waals surface area contributed by atoms with E-state index in [1.54, 1.807) is 13.3 Å². The minimum absolute atomic E-state index is 0.292. The zero-order valence-electron chi connectivity index (χ0n) is 15.0. The number of imidazole rings is 1. The van der Waals surface area contributed by atoms with Gasteiger partial charge in [-0.05, 0) is 25.0 Å². The lowest BCUT2D eigenvalue weighted by molar-refractivity contribution is 0.0672. The van der Waals surface area contributed by atoms with Gasteiger partial charge in [0, 0.05) is 50.4 Å². The van der Waals surface area contributed by atoms with Gasteiger partial charge < -0.3 is 9.47 Å². The summed E-state index contributed by atoms with van der Waals surface area (Å²) in [4.78, 5) is 11.3. The number of para-hydroxylation sites is 1. The lowest BCUT2D eigenvalue weighted by Crippen LogP contribution is -2.31. The molecule has 0 saturated carbocycles. The quantitative estimate of drug-likeness (QED) is 0.654. The molecule has 1 aliphatic rings. The van der Waals surface area contributed by atoms with E-state index in [4.69, 9.17) is 9.47 Å². The first kappa shape index (κ1) is 17.0. The van der Waals surface area contributed by atoms with Gasteiger partial charge in [0.05, 0.1) is 18.9 Å². The van der Waals surface area contributed by atoms with Gasteiger partial charge in [-0.15, -0.1) is 0 Å². The van der Waals surface area contributed by atoms with Crippen LogP contribution in [0.5, 0.6) is 5.75 Å². The van der Waals surface area contributed by atoms with E-state index >= 15 is 0 Å². The summed E-state index contributed by atoms with van der Waals surface area (Å²) in [5, 5.41) is 0. The largest absolute Gasteiger partial charge is 0.496 e. The number of fused-ring (bicyclic) bond motifs is 1. The van der Waals surface area contributed by atoms with Crippen molar-refractivity contribution in [3.05, 3.63) is 60.2 Å². The highest BCUT2D eigenvalue weighted by Gasteiger charge is 2.21. The fourth-order valence-electron chi connectivity index (χ4n) is 3.52. The molecule has 6 heteroatoms. The molecule has 0 radical (unpaired) electrons. The standard InChI is InChI=1S/C20H24N4O2/c1-25-19-8-3-2-6-16(19)12-23(15-18-7-4-11-26-18)13-17-14-24-10-5-9-21-20(24)22-17/h2-3,5-6,8-10,14,18H,4,7,11-13,15H2,1H3. The van der Waals surface area contributed by atoms with E-state index in [1.165, 1.54) is 5.56 Å². The van der Waals surface area contributed by atoms with E-state index in [2.05, 4.69) is 27.0 Å². The molecule has 0 aliphatic carbocycles. The van der Waals surface area contributed by atoms with Crippen molar-refractivity contribution < 1.29 is 9.47 Å². The molecule has 0 bridgehead atoms. The van der Waals surface area contributed by atoms with Crippen LogP contribution in [0.15, 0.2) is 48.9 Å². The molecule has 136 valence electrons. The Morgan fingerprint density at radius 1 is 1.27 bits per heavy atom. The lowest BCUT2D eigenvalue weighted by atomic mass is 10.1. The van der Waals surface area contributed by atoms with Gasteiger partial charge in [-0.25, -0.2) is 9.97 Å². The molecule has 1 unspecified atom stereocenters. The Morgan fingerprint density at radius 2 is 2.19 bits per heavy atom. The Kier molecular flexibility index (Phi) is 5.13. The summed E-state index contributed by atoms with van der Waals surface area (Å²) < 4.78 is 13.4. The third kappa shape index (κ3) is 3.86. The summed E-state index contributed by atoms with van der Waals surface area (Å²) in [5.41, 5.74) is 2.19. The molecule has 1 fully saturated rings. The molecule has 1 atom stereocenters. The maximum absolute atomic E-state index is 5.86. The first-order chi connectivity index (χ1) is 12.8. The maximum atomic E-state index is 5.86. The van der Waals surface area contributed by atoms with Crippen LogP contribution in [-0.2, 0) is 17.8 Å². The summed E-state index contributed by atoms with van der Waals surface area (Å²) in [5.74, 6) is 1.65. The summed E-state index contributed by atoms with van der Waals surface area (Å²) in [6, 6.07) is 10.1. The van der Waals surface area contributed by atoms with Gasteiger partial charge >= 0.3 is 0 Å². The highest BCUT2D eigenvalue weighted by molar-refractivity contribution is 5.33. The monoisotopic (exact) mass is 352 g/mol. The van der Waals surface area contributed by atoms with Crippen LogP contribution in [0.4, 0.5) is 0 Å². The van der Waals surface area contributed by atoms with E-state index in [9.17, 15) is 0 Å². The van der Waals surface area contributed by atoms with Crippen molar-refractivity contribution in [3.63, 3.8) is 0 Å². The number of rotatable bonds is 7. The molecule has 0 amide bonds. The molecule has 6 nitrogen and oxygen atoms in total. The van der Waals surface area contributed by atoms with Crippen LogP contribution in [-0.4, -0.2) is 45.6 Å². The van der Waals surface area contributed by atoms with Gasteiger partial charge in [0.25, 0.3) is 0 Å². The molecule has 2 aromatic heterocycles. The van der Waals surface area contributed by atoms with Crippen LogP contribution >= 0.6 is 0 Å². The van der Waals surface area contributed by atoms with Gasteiger partial charge in [0.15, 0.2) is 0 Å². The zero-order chi connectivity index (χ0) is 17.8. The molecule has 0 N–H and O–H groups in total. The first-order valence-electron chi connectivity index (χ1n) is 9.06. The topological polar surface area (TPSA) is 51.9 Å². The number of aromatic nitrogens is 3. The smallest absolute Gasteiger partial charge is 0.233 e. The van der Waals surface area contributed by atoms with Crippen molar-refractivity contribution in [3.8, 4) is 5.75 Å². The first-order valence-corrected chi connectivity index (χ1v) is 9.06. The molecule has 3 aromatic rings. The predicted molar refractivity (Wildman–Crippen MR) is 99.1 cm³/mol. The number of nitrogens with zero attached hydrogens (tertiary/aromatic N) is 4. The number of hydrogen-bond donors (Lipinski definition) is 0. The fourth-order valence-corrected chi connectivity index (χ4v) is 3.52. The molecule has 1 saturated heterocycles. The van der Waals surface area contributed by atoms with Crippen molar-refractivity contribution >= 4 is 5.78 Å². The minimum atomic E-state index is 0.292. The highest BCUT2D eigenvalue weighted by Crippen LogP contribution is 2.22. The van der Waals surface area contributed by atoms with Crippen LogP contribution in [0.2, 0.25) is 0 Å². The molecule has 1 aliphatic heterocycles. The molecule has 0 spiro atoms. The Balaban J connectivity index is 1.55. The number of hydrogen-bond acceptors (Lipinski definition) is 5. The van der Waals surface area contributed by atoms with Crippen molar-refractivity contribution in [2.75, 3.05) is 20.3 Å². The molecule has 4 rings (SSSR count). The third-order valence-corrected chi connectivity index (χ3v) is 4.74. The zero-order valence-corrected chi connectivity index (χ0v) is 15.0. The van der Waals surface area contributed by atoms with E-state index in [0.29, 0.717) is 6.10 Å². The second-order valence-corrected chi connectivity index (χ2v) is 6.68. The maximum Gasteiger partial charge on any atom is 0.233 e. The number of methoxy groups -OCH3 is 1. The summed E-state index contributed by atoms with van der Waals surface area (Å²) in [6.45, 7) is 3.30. The van der Waals surface area contributed by atoms with Crippen molar-refractivity contribution in [1.29, 1.82) is 0 Å². The summed E-state index contributed by atoms with van der Waals surface area (Å²) in [7, 11) is 1.72. The lowest BCUT2D eigenvalue weighted by Gasteiger charge is -2.25. The number of benzene rings is 1. The average Bonchev–Trinajstić information content (AvgIpc) is 3.31. The van der Waals surface area contributed by atoms with Gasteiger partial charge in [0.2, 0.25) is 5.78 Å². The Morgan fingerprint density at radius 3 is 3.00 bits per heavy atom. The number of ether oxygens (including phenoxy) is 2. The SMILES string of the molecule is COc1ccccc1CN(Cc1cn2cccnc2n1)CC1CCCO1. The van der Waals surface area contributed by atoms with Gasteiger partial charge in [0.1, 0.15) is 5.75 Å². The van der Waals surface area contributed by atoms with Crippen molar-refractivity contribution in [2.24, 2.45) is 0 Å². The van der Waals surface area contributed by atoms with E-state index in [0.717, 1.165) is 56.3 Å². The Bertz CT molecular complexity index is 825. The van der Waals surface area contributed by atoms with Crippen LogP contribution in [0.3, 0.4) is 0 Å². The normalized spacial score (nSPS) is 17.2. The minimum Gasteiger partial charge on any atom is -0.496 e. The van der Waals surface area contributed by atoms with Crippen LogP contribution < -0.4 is 4.74 Å². The molecule has 1 aromatic carbocycles. The third-order valence-electron chi connectivity index (χ3n) is 4.74.